The lowest BCUT2D eigenvalue weighted by Gasteiger charge is -2.18. The third-order valence-corrected chi connectivity index (χ3v) is 2.63. The molecule has 0 aliphatic carbocycles. The molecule has 1 rings (SSSR count). The van der Waals surface area contributed by atoms with Crippen LogP contribution in [0.4, 0.5) is 13.2 Å². The van der Waals surface area contributed by atoms with E-state index in [2.05, 4.69) is 0 Å². The van der Waals surface area contributed by atoms with Crippen LogP contribution in [0.3, 0.4) is 0 Å². The van der Waals surface area contributed by atoms with Crippen molar-refractivity contribution in [3.8, 4) is 5.75 Å². The van der Waals surface area contributed by atoms with Gasteiger partial charge in [-0.05, 0) is 37.1 Å². The lowest BCUT2D eigenvalue weighted by atomic mass is 10.1. The molecule has 1 aromatic rings. The van der Waals surface area contributed by atoms with Crippen molar-refractivity contribution in [2.75, 3.05) is 0 Å². The summed E-state index contributed by atoms with van der Waals surface area (Å²) in [5.41, 5.74) is -0.762. The number of carboxylic acid groups (broad SMARTS) is 1. The zero-order valence-electron chi connectivity index (χ0n) is 11.1. The van der Waals surface area contributed by atoms with Crippen LogP contribution in [-0.4, -0.2) is 17.2 Å². The van der Waals surface area contributed by atoms with Gasteiger partial charge in [0.1, 0.15) is 5.75 Å². The number of benzene rings is 1. The molecule has 0 aliphatic heterocycles. The molecule has 6 heteroatoms. The number of carboxylic acids is 1. The predicted octanol–water partition coefficient (Wildman–Crippen LogP) is 3.98. The van der Waals surface area contributed by atoms with Gasteiger partial charge in [-0.15, -0.1) is 0 Å². The lowest BCUT2D eigenvalue weighted by molar-refractivity contribution is -0.139. The fourth-order valence-electron chi connectivity index (χ4n) is 1.44. The highest BCUT2D eigenvalue weighted by atomic mass is 19.4. The Morgan fingerprint density at radius 2 is 2.10 bits per heavy atom. The molecule has 0 radical (unpaired) electrons. The predicted molar refractivity (Wildman–Crippen MR) is 68.5 cm³/mol. The van der Waals surface area contributed by atoms with E-state index < -0.39 is 17.7 Å². The highest BCUT2D eigenvalue weighted by Crippen LogP contribution is 2.37. The Kier molecular flexibility index (Phi) is 5.19. The third-order valence-electron chi connectivity index (χ3n) is 2.63. The summed E-state index contributed by atoms with van der Waals surface area (Å²) >= 11 is 0. The molecular weight excluding hydrogens is 273 g/mol. The third kappa shape index (κ3) is 4.60. The van der Waals surface area contributed by atoms with Crippen molar-refractivity contribution in [2.24, 2.45) is 0 Å². The summed E-state index contributed by atoms with van der Waals surface area (Å²) in [6, 6.07) is 3.46. The normalized spacial score (nSPS) is 13.4. The smallest absolute Gasteiger partial charge is 0.419 e. The summed E-state index contributed by atoms with van der Waals surface area (Å²) in [6.07, 6.45) is -2.43. The maximum Gasteiger partial charge on any atom is 0.419 e. The molecule has 1 N–H and O–H groups in total. The van der Waals surface area contributed by atoms with Gasteiger partial charge in [0.05, 0.1) is 11.7 Å². The molecule has 0 aliphatic rings. The molecule has 0 amide bonds. The largest absolute Gasteiger partial charge is 0.490 e. The fourth-order valence-corrected chi connectivity index (χ4v) is 1.44. The molecule has 1 atom stereocenters. The van der Waals surface area contributed by atoms with E-state index >= 15 is 0 Å². The van der Waals surface area contributed by atoms with E-state index in [-0.39, 0.29) is 17.4 Å². The van der Waals surface area contributed by atoms with Gasteiger partial charge in [0.2, 0.25) is 0 Å². The summed E-state index contributed by atoms with van der Waals surface area (Å²) in [5.74, 6) is -1.47. The Morgan fingerprint density at radius 3 is 2.60 bits per heavy atom. The van der Waals surface area contributed by atoms with Crippen LogP contribution in [0, 0.1) is 0 Å². The van der Waals surface area contributed by atoms with Crippen LogP contribution in [0.2, 0.25) is 0 Å². The average Bonchev–Trinajstić information content (AvgIpc) is 2.36. The Hall–Kier alpha value is -1.98. The standard InChI is InChI=1S/C14H15F3O3/c1-3-9(2)20-12-6-4-10(5-7-13(18)19)8-11(12)14(15,16)17/h4-9H,3H2,1-2H3,(H,18,19). The van der Waals surface area contributed by atoms with Crippen molar-refractivity contribution in [3.05, 3.63) is 35.4 Å². The van der Waals surface area contributed by atoms with Gasteiger partial charge in [0, 0.05) is 6.08 Å². The second-order valence-corrected chi connectivity index (χ2v) is 4.26. The van der Waals surface area contributed by atoms with Gasteiger partial charge in [-0.2, -0.15) is 13.2 Å². The quantitative estimate of drug-likeness (QED) is 0.834. The number of hydrogen-bond acceptors (Lipinski definition) is 2. The minimum Gasteiger partial charge on any atom is -0.490 e. The van der Waals surface area contributed by atoms with Crippen molar-refractivity contribution >= 4 is 12.0 Å². The summed E-state index contributed by atoms with van der Waals surface area (Å²) in [4.78, 5) is 10.4. The van der Waals surface area contributed by atoms with Gasteiger partial charge >= 0.3 is 12.1 Å². The second kappa shape index (κ2) is 6.45. The lowest BCUT2D eigenvalue weighted by Crippen LogP contribution is -2.15. The molecule has 3 nitrogen and oxygen atoms in total. The van der Waals surface area contributed by atoms with E-state index in [1.54, 1.807) is 6.92 Å². The number of alkyl halides is 3. The first-order chi connectivity index (χ1) is 9.24. The second-order valence-electron chi connectivity index (χ2n) is 4.26. The number of carbonyl (C=O) groups is 1. The number of aliphatic carboxylic acids is 1. The Labute approximate surface area is 114 Å². The van der Waals surface area contributed by atoms with Gasteiger partial charge in [0.15, 0.2) is 0 Å². The van der Waals surface area contributed by atoms with Gasteiger partial charge in [-0.1, -0.05) is 13.0 Å². The molecule has 0 aromatic heterocycles. The monoisotopic (exact) mass is 288 g/mol. The molecule has 0 heterocycles. The summed E-state index contributed by atoms with van der Waals surface area (Å²) in [6.45, 7) is 3.49. The van der Waals surface area contributed by atoms with Crippen LogP contribution in [-0.2, 0) is 11.0 Å². The van der Waals surface area contributed by atoms with E-state index in [4.69, 9.17) is 9.84 Å². The molecule has 0 bridgehead atoms. The molecule has 1 unspecified atom stereocenters. The number of halogens is 3. The van der Waals surface area contributed by atoms with Crippen LogP contribution in [0.15, 0.2) is 24.3 Å². The molecule has 1 aromatic carbocycles. The summed E-state index contributed by atoms with van der Waals surface area (Å²) in [7, 11) is 0. The molecule has 0 saturated heterocycles. The van der Waals surface area contributed by atoms with E-state index in [1.165, 1.54) is 12.1 Å². The van der Waals surface area contributed by atoms with Crippen molar-refractivity contribution < 1.29 is 27.8 Å². The summed E-state index contributed by atoms with van der Waals surface area (Å²) in [5, 5.41) is 8.48. The van der Waals surface area contributed by atoms with Crippen molar-refractivity contribution in [1.29, 1.82) is 0 Å². The first-order valence-electron chi connectivity index (χ1n) is 6.03. The number of rotatable bonds is 5. The van der Waals surface area contributed by atoms with Gasteiger partial charge in [0.25, 0.3) is 0 Å². The number of hydrogen-bond donors (Lipinski definition) is 1. The highest BCUT2D eigenvalue weighted by Gasteiger charge is 2.34. The SMILES string of the molecule is CCC(C)Oc1ccc(C=CC(=O)O)cc1C(F)(F)F. The minimum absolute atomic E-state index is 0.149. The zero-order valence-corrected chi connectivity index (χ0v) is 11.1. The molecule has 0 spiro atoms. The van der Waals surface area contributed by atoms with Crippen molar-refractivity contribution in [2.45, 2.75) is 32.5 Å². The number of ether oxygens (including phenoxy) is 1. The van der Waals surface area contributed by atoms with Crippen LogP contribution in [0.25, 0.3) is 6.08 Å². The van der Waals surface area contributed by atoms with Crippen LogP contribution >= 0.6 is 0 Å². The summed E-state index contributed by atoms with van der Waals surface area (Å²) < 4.78 is 44.1. The van der Waals surface area contributed by atoms with Crippen LogP contribution < -0.4 is 4.74 Å². The topological polar surface area (TPSA) is 46.5 Å². The van der Waals surface area contributed by atoms with Crippen LogP contribution in [0.5, 0.6) is 5.75 Å². The van der Waals surface area contributed by atoms with Gasteiger partial charge < -0.3 is 9.84 Å². The Bertz CT molecular complexity index is 507. The maximum atomic E-state index is 13.0. The molecular formula is C14H15F3O3. The van der Waals surface area contributed by atoms with E-state index in [1.807, 2.05) is 6.92 Å². The zero-order chi connectivity index (χ0) is 15.3. The minimum atomic E-state index is -4.56. The molecule has 0 saturated carbocycles. The van der Waals surface area contributed by atoms with Crippen LogP contribution in [0.1, 0.15) is 31.4 Å². The van der Waals surface area contributed by atoms with Crippen molar-refractivity contribution in [1.82, 2.24) is 0 Å². The van der Waals surface area contributed by atoms with Gasteiger partial charge in [-0.3, -0.25) is 0 Å². The fraction of sp³-hybridized carbons (Fsp3) is 0.357. The maximum absolute atomic E-state index is 13.0. The molecule has 0 fully saturated rings. The Morgan fingerprint density at radius 1 is 1.45 bits per heavy atom. The van der Waals surface area contributed by atoms with E-state index in [0.717, 1.165) is 18.2 Å². The van der Waals surface area contributed by atoms with E-state index in [9.17, 15) is 18.0 Å². The Balaban J connectivity index is 3.17. The van der Waals surface area contributed by atoms with E-state index in [0.29, 0.717) is 6.42 Å². The van der Waals surface area contributed by atoms with Gasteiger partial charge in [-0.25, -0.2) is 4.79 Å². The molecule has 110 valence electrons. The molecule has 20 heavy (non-hydrogen) atoms. The van der Waals surface area contributed by atoms with Crippen molar-refractivity contribution in [3.63, 3.8) is 0 Å². The first-order valence-corrected chi connectivity index (χ1v) is 6.03. The highest BCUT2D eigenvalue weighted by molar-refractivity contribution is 5.85. The average molecular weight is 288 g/mol. The first kappa shape index (κ1) is 16.1.